The normalized spacial score (nSPS) is 11.3. The molecule has 5 nitrogen and oxygen atoms in total. The maximum absolute atomic E-state index is 13.6. The fraction of sp³-hybridized carbons (Fsp3) is 0.107. The van der Waals surface area contributed by atoms with Gasteiger partial charge in [-0.05, 0) is 42.3 Å². The van der Waals surface area contributed by atoms with E-state index in [9.17, 15) is 13.2 Å². The Bertz CT molecular complexity index is 1350. The van der Waals surface area contributed by atoms with Gasteiger partial charge in [-0.3, -0.25) is 9.10 Å². The number of aryl methyl sites for hydroxylation is 1. The minimum absolute atomic E-state index is 0.0819. The summed E-state index contributed by atoms with van der Waals surface area (Å²) in [5.41, 5.74) is 2.94. The lowest BCUT2D eigenvalue weighted by molar-refractivity contribution is -0.120. The second kappa shape index (κ2) is 10.8. The number of nitrogens with one attached hydrogen (secondary N) is 1. The molecule has 0 unspecified atom stereocenters. The van der Waals surface area contributed by atoms with Crippen LogP contribution in [0.5, 0.6) is 0 Å². The molecule has 1 N–H and O–H groups in total. The monoisotopic (exact) mass is 504 g/mol. The van der Waals surface area contributed by atoms with E-state index in [1.165, 1.54) is 12.1 Å². The first-order valence-corrected chi connectivity index (χ1v) is 12.9. The van der Waals surface area contributed by atoms with Crippen LogP contribution in [0.15, 0.2) is 114 Å². The molecule has 1 amide bonds. The van der Waals surface area contributed by atoms with Gasteiger partial charge in [0.05, 0.1) is 21.6 Å². The molecule has 4 aromatic carbocycles. The average Bonchev–Trinajstić information content (AvgIpc) is 2.87. The molecular weight excluding hydrogens is 480 g/mol. The average molecular weight is 505 g/mol. The van der Waals surface area contributed by atoms with Crippen LogP contribution in [0, 0.1) is 6.92 Å². The Balaban J connectivity index is 1.69. The molecule has 7 heteroatoms. The van der Waals surface area contributed by atoms with Crippen LogP contribution in [0.2, 0.25) is 5.02 Å². The number of halogens is 1. The summed E-state index contributed by atoms with van der Waals surface area (Å²) in [6.07, 6.45) is 0. The summed E-state index contributed by atoms with van der Waals surface area (Å²) < 4.78 is 28.3. The van der Waals surface area contributed by atoms with Crippen molar-refractivity contribution in [3.63, 3.8) is 0 Å². The molecule has 0 aliphatic rings. The van der Waals surface area contributed by atoms with Gasteiger partial charge in [0.1, 0.15) is 6.54 Å². The van der Waals surface area contributed by atoms with Crippen molar-refractivity contribution < 1.29 is 13.2 Å². The summed E-state index contributed by atoms with van der Waals surface area (Å²) in [6.45, 7) is 1.44. The van der Waals surface area contributed by atoms with Crippen LogP contribution in [0.3, 0.4) is 0 Å². The number of anilines is 1. The number of rotatable bonds is 8. The highest BCUT2D eigenvalue weighted by molar-refractivity contribution is 7.92. The number of benzene rings is 4. The summed E-state index contributed by atoms with van der Waals surface area (Å²) >= 11 is 6.38. The molecule has 0 aromatic heterocycles. The van der Waals surface area contributed by atoms with E-state index >= 15 is 0 Å². The van der Waals surface area contributed by atoms with Crippen LogP contribution < -0.4 is 9.62 Å². The lowest BCUT2D eigenvalue weighted by Gasteiger charge is -2.27. The third-order valence-corrected chi connectivity index (χ3v) is 7.68. The molecule has 0 bridgehead atoms. The number of carbonyl (C=O) groups excluding carboxylic acids is 1. The largest absolute Gasteiger partial charge is 0.344 e. The van der Waals surface area contributed by atoms with Gasteiger partial charge >= 0.3 is 0 Å². The van der Waals surface area contributed by atoms with Gasteiger partial charge in [-0.2, -0.15) is 0 Å². The van der Waals surface area contributed by atoms with Crippen LogP contribution in [0.1, 0.15) is 22.7 Å². The highest BCUT2D eigenvalue weighted by Crippen LogP contribution is 2.30. The molecule has 0 fully saturated rings. The van der Waals surface area contributed by atoms with Gasteiger partial charge in [-0.25, -0.2) is 8.42 Å². The molecule has 178 valence electrons. The van der Waals surface area contributed by atoms with E-state index in [-0.39, 0.29) is 15.6 Å². The van der Waals surface area contributed by atoms with E-state index in [0.29, 0.717) is 0 Å². The minimum atomic E-state index is -4.07. The first-order valence-electron chi connectivity index (χ1n) is 11.1. The topological polar surface area (TPSA) is 66.5 Å². The second-order valence-electron chi connectivity index (χ2n) is 8.10. The SMILES string of the molecule is Cc1ccc(S(=O)(=O)N(CC(=O)NC(c2ccccc2)c2ccccc2)c2ccccc2Cl)cc1. The van der Waals surface area contributed by atoms with E-state index < -0.39 is 28.5 Å². The lowest BCUT2D eigenvalue weighted by Crippen LogP contribution is -2.42. The zero-order valence-electron chi connectivity index (χ0n) is 19.1. The van der Waals surface area contributed by atoms with Crippen molar-refractivity contribution in [3.05, 3.63) is 131 Å². The summed E-state index contributed by atoms with van der Waals surface area (Å²) in [5.74, 6) is -0.460. The molecule has 0 radical (unpaired) electrons. The van der Waals surface area contributed by atoms with Crippen molar-refractivity contribution >= 4 is 33.2 Å². The van der Waals surface area contributed by atoms with Gasteiger partial charge in [0, 0.05) is 0 Å². The zero-order chi connectivity index (χ0) is 24.8. The van der Waals surface area contributed by atoms with Gasteiger partial charge in [-0.15, -0.1) is 0 Å². The molecule has 35 heavy (non-hydrogen) atoms. The molecule has 0 spiro atoms. The van der Waals surface area contributed by atoms with Crippen molar-refractivity contribution in [1.29, 1.82) is 0 Å². The second-order valence-corrected chi connectivity index (χ2v) is 10.4. The van der Waals surface area contributed by atoms with Crippen LogP contribution in [0.25, 0.3) is 0 Å². The number of carbonyl (C=O) groups is 1. The fourth-order valence-corrected chi connectivity index (χ4v) is 5.51. The lowest BCUT2D eigenvalue weighted by atomic mass is 9.99. The third kappa shape index (κ3) is 5.73. The number of hydrogen-bond donors (Lipinski definition) is 1. The van der Waals surface area contributed by atoms with Crippen molar-refractivity contribution in [2.75, 3.05) is 10.8 Å². The molecule has 0 heterocycles. The van der Waals surface area contributed by atoms with E-state index in [1.54, 1.807) is 36.4 Å². The van der Waals surface area contributed by atoms with Crippen molar-refractivity contribution in [1.82, 2.24) is 5.32 Å². The molecule has 0 aliphatic heterocycles. The quantitative estimate of drug-likeness (QED) is 0.332. The summed E-state index contributed by atoms with van der Waals surface area (Å²) in [5, 5.41) is 3.25. The highest BCUT2D eigenvalue weighted by atomic mass is 35.5. The first-order chi connectivity index (χ1) is 16.9. The summed E-state index contributed by atoms with van der Waals surface area (Å²) in [7, 11) is -4.07. The molecule has 4 rings (SSSR count). The smallest absolute Gasteiger partial charge is 0.264 e. The van der Waals surface area contributed by atoms with Gasteiger partial charge < -0.3 is 5.32 Å². The van der Waals surface area contributed by atoms with E-state index in [0.717, 1.165) is 21.0 Å². The molecule has 0 aliphatic carbocycles. The molecular formula is C28H25ClN2O3S. The maximum Gasteiger partial charge on any atom is 0.264 e. The Morgan fingerprint density at radius 2 is 1.31 bits per heavy atom. The van der Waals surface area contributed by atoms with E-state index in [1.807, 2.05) is 67.6 Å². The first kappa shape index (κ1) is 24.5. The van der Waals surface area contributed by atoms with Crippen LogP contribution in [-0.4, -0.2) is 20.9 Å². The third-order valence-electron chi connectivity index (χ3n) is 5.59. The Morgan fingerprint density at radius 1 is 0.800 bits per heavy atom. The Labute approximate surface area is 211 Å². The van der Waals surface area contributed by atoms with E-state index in [4.69, 9.17) is 11.6 Å². The predicted molar refractivity (Wildman–Crippen MR) is 140 cm³/mol. The Morgan fingerprint density at radius 3 is 1.86 bits per heavy atom. The van der Waals surface area contributed by atoms with Crippen molar-refractivity contribution in [3.8, 4) is 0 Å². The number of nitrogens with zero attached hydrogens (tertiary/aromatic N) is 1. The fourth-order valence-electron chi connectivity index (χ4n) is 3.78. The minimum Gasteiger partial charge on any atom is -0.344 e. The van der Waals surface area contributed by atoms with E-state index in [2.05, 4.69) is 5.32 Å². The predicted octanol–water partition coefficient (Wildman–Crippen LogP) is 5.75. The van der Waals surface area contributed by atoms with Gasteiger partial charge in [0.25, 0.3) is 10.0 Å². The van der Waals surface area contributed by atoms with Crippen LogP contribution in [-0.2, 0) is 14.8 Å². The van der Waals surface area contributed by atoms with Crippen LogP contribution >= 0.6 is 11.6 Å². The zero-order valence-corrected chi connectivity index (χ0v) is 20.7. The number of para-hydroxylation sites is 1. The maximum atomic E-state index is 13.6. The molecule has 0 saturated heterocycles. The van der Waals surface area contributed by atoms with Gasteiger partial charge in [0.2, 0.25) is 5.91 Å². The standard InChI is InChI=1S/C28H25ClN2O3S/c1-21-16-18-24(19-17-21)35(33,34)31(26-15-9-8-14-25(26)29)20-27(32)30-28(22-10-4-2-5-11-22)23-12-6-3-7-13-23/h2-19,28H,20H2,1H3,(H,30,32). The summed E-state index contributed by atoms with van der Waals surface area (Å²) in [4.78, 5) is 13.4. The van der Waals surface area contributed by atoms with Crippen LogP contribution in [0.4, 0.5) is 5.69 Å². The Kier molecular flexibility index (Phi) is 7.54. The number of hydrogen-bond acceptors (Lipinski definition) is 3. The number of sulfonamides is 1. The van der Waals surface area contributed by atoms with Gasteiger partial charge in [0.15, 0.2) is 0 Å². The molecule has 4 aromatic rings. The Hall–Kier alpha value is -3.61. The summed E-state index contributed by atoms with van der Waals surface area (Å²) in [6, 6.07) is 31.7. The van der Waals surface area contributed by atoms with Gasteiger partial charge in [-0.1, -0.05) is 102 Å². The van der Waals surface area contributed by atoms with Crippen molar-refractivity contribution in [2.24, 2.45) is 0 Å². The molecule has 0 atom stereocenters. The highest BCUT2D eigenvalue weighted by Gasteiger charge is 2.29. The number of amides is 1. The van der Waals surface area contributed by atoms with Crippen molar-refractivity contribution in [2.45, 2.75) is 17.9 Å². The molecule has 0 saturated carbocycles.